The van der Waals surface area contributed by atoms with Crippen LogP contribution in [-0.2, 0) is 11.3 Å². The van der Waals surface area contributed by atoms with Gasteiger partial charge in [0.2, 0.25) is 24.1 Å². The number of aromatic nitrogens is 6. The maximum Gasteiger partial charge on any atom is 0.262 e. The minimum atomic E-state index is -0.325. The average molecular weight is 526 g/mol. The van der Waals surface area contributed by atoms with Gasteiger partial charge in [0.15, 0.2) is 12.0 Å². The van der Waals surface area contributed by atoms with Crippen molar-refractivity contribution < 1.29 is 13.6 Å². The second-order valence-corrected chi connectivity index (χ2v) is 9.07. The van der Waals surface area contributed by atoms with Gasteiger partial charge in [-0.3, -0.25) is 14.6 Å². The first-order chi connectivity index (χ1) is 18.9. The monoisotopic (exact) mass is 525 g/mol. The van der Waals surface area contributed by atoms with Crippen LogP contribution in [0.4, 0.5) is 17.3 Å². The molecule has 0 unspecified atom stereocenters. The average Bonchev–Trinajstić information content (AvgIpc) is 3.67. The largest absolute Gasteiger partial charge is 0.443 e. The van der Waals surface area contributed by atoms with E-state index in [9.17, 15) is 9.59 Å². The van der Waals surface area contributed by atoms with Crippen molar-refractivity contribution in [2.45, 2.75) is 26.4 Å². The van der Waals surface area contributed by atoms with Crippen LogP contribution in [0, 0.1) is 0 Å². The van der Waals surface area contributed by atoms with Gasteiger partial charge in [-0.2, -0.15) is 4.98 Å². The summed E-state index contributed by atoms with van der Waals surface area (Å²) in [6, 6.07) is 10.6. The number of fused-ring (bicyclic) bond motifs is 2. The zero-order valence-electron chi connectivity index (χ0n) is 20.9. The minimum absolute atomic E-state index is 0.0575. The highest BCUT2D eigenvalue weighted by atomic mass is 16.4. The highest BCUT2D eigenvalue weighted by Crippen LogP contribution is 2.32. The van der Waals surface area contributed by atoms with Gasteiger partial charge in [-0.15, -0.1) is 10.2 Å². The molecule has 0 spiro atoms. The number of aromatic amines is 1. The van der Waals surface area contributed by atoms with E-state index in [1.54, 1.807) is 30.3 Å². The first-order valence-corrected chi connectivity index (χ1v) is 12.1. The van der Waals surface area contributed by atoms with E-state index in [4.69, 9.17) is 14.6 Å². The van der Waals surface area contributed by atoms with Gasteiger partial charge in [-0.25, -0.2) is 4.98 Å². The lowest BCUT2D eigenvalue weighted by molar-refractivity contribution is -0.105. The lowest BCUT2D eigenvalue weighted by atomic mass is 10.1. The van der Waals surface area contributed by atoms with Crippen molar-refractivity contribution in [2.75, 3.05) is 10.6 Å². The molecule has 0 aliphatic rings. The van der Waals surface area contributed by atoms with E-state index >= 15 is 0 Å². The van der Waals surface area contributed by atoms with Crippen LogP contribution >= 0.6 is 0 Å². The lowest BCUT2D eigenvalue weighted by Crippen LogP contribution is -2.14. The summed E-state index contributed by atoms with van der Waals surface area (Å²) >= 11 is 0. The van der Waals surface area contributed by atoms with Crippen LogP contribution in [0.2, 0.25) is 0 Å². The lowest BCUT2D eigenvalue weighted by Gasteiger charge is -2.13. The number of hydrogen-bond donors (Lipinski definition) is 4. The highest BCUT2D eigenvalue weighted by Gasteiger charge is 2.18. The molecule has 0 fully saturated rings. The molecule has 6 rings (SSSR count). The number of H-pyrrole nitrogens is 1. The Morgan fingerprint density at radius 1 is 1.10 bits per heavy atom. The zero-order chi connectivity index (χ0) is 27.1. The molecule has 0 radical (unpaired) electrons. The van der Waals surface area contributed by atoms with E-state index in [2.05, 4.69) is 35.8 Å². The summed E-state index contributed by atoms with van der Waals surface area (Å²) in [6.45, 7) is 4.20. The maximum atomic E-state index is 13.0. The second-order valence-electron chi connectivity index (χ2n) is 9.07. The zero-order valence-corrected chi connectivity index (χ0v) is 20.9. The van der Waals surface area contributed by atoms with Crippen LogP contribution in [0.1, 0.15) is 25.5 Å². The third-order valence-corrected chi connectivity index (χ3v) is 6.27. The Hall–Kier alpha value is -5.30. The fourth-order valence-corrected chi connectivity index (χ4v) is 4.38. The fourth-order valence-electron chi connectivity index (χ4n) is 4.38. The molecular weight excluding hydrogens is 502 g/mol. The highest BCUT2D eigenvalue weighted by molar-refractivity contribution is 5.86. The summed E-state index contributed by atoms with van der Waals surface area (Å²) in [5.41, 5.74) is 10.2. The molecule has 5 N–H and O–H groups in total. The summed E-state index contributed by atoms with van der Waals surface area (Å²) in [5.74, 6) is 0.741. The van der Waals surface area contributed by atoms with Gasteiger partial charge in [0, 0.05) is 29.9 Å². The second kappa shape index (κ2) is 9.54. The minimum Gasteiger partial charge on any atom is -0.443 e. The topological polar surface area (TPSA) is 183 Å². The number of carbonyl (C=O) groups is 1. The summed E-state index contributed by atoms with van der Waals surface area (Å²) < 4.78 is 13.2. The van der Waals surface area contributed by atoms with E-state index in [0.29, 0.717) is 57.0 Å². The van der Waals surface area contributed by atoms with Crippen molar-refractivity contribution in [2.24, 2.45) is 5.73 Å². The van der Waals surface area contributed by atoms with Crippen molar-refractivity contribution in [1.29, 1.82) is 0 Å². The Bertz CT molecular complexity index is 1900. The Kier molecular flexibility index (Phi) is 5.88. The van der Waals surface area contributed by atoms with Gasteiger partial charge in [0.25, 0.3) is 5.56 Å². The molecule has 0 saturated carbocycles. The number of oxazole rings is 1. The van der Waals surface area contributed by atoms with Gasteiger partial charge < -0.3 is 29.8 Å². The van der Waals surface area contributed by atoms with E-state index < -0.39 is 0 Å². The molecule has 4 aromatic heterocycles. The van der Waals surface area contributed by atoms with Crippen LogP contribution in [0.25, 0.3) is 45.0 Å². The molecular formula is C26H23N9O4. The number of carbonyl (C=O) groups excluding carboxylic acids is 1. The van der Waals surface area contributed by atoms with Crippen LogP contribution in [-0.4, -0.2) is 36.1 Å². The molecule has 39 heavy (non-hydrogen) atoms. The van der Waals surface area contributed by atoms with Crippen molar-refractivity contribution in [3.8, 4) is 22.9 Å². The molecule has 2 aromatic carbocycles. The molecule has 0 bridgehead atoms. The number of amides is 1. The third kappa shape index (κ3) is 4.30. The molecule has 1 amide bonds. The van der Waals surface area contributed by atoms with Gasteiger partial charge in [0.05, 0.1) is 16.8 Å². The van der Waals surface area contributed by atoms with Gasteiger partial charge in [0.1, 0.15) is 11.2 Å². The van der Waals surface area contributed by atoms with E-state index in [-0.39, 0.29) is 30.0 Å². The molecule has 0 saturated heterocycles. The molecule has 196 valence electrons. The standard InChI is InChI=1S/C26H23N9O4/c1-13(2)35-10-16(9-27)21-22(35)31-26(32-23(21)37)30-19-7-14(3-5-17(19)28-11-36)24-33-34-25(39-24)15-4-6-18-20(8-15)38-12-29-18/h3-8,10-13H,9,27H2,1-2H3,(H,28,36)(H2,30,31,32,37). The van der Waals surface area contributed by atoms with Crippen LogP contribution in [0.15, 0.2) is 62.6 Å². The first kappa shape index (κ1) is 24.1. The van der Waals surface area contributed by atoms with Crippen molar-refractivity contribution in [1.82, 2.24) is 29.7 Å². The molecule has 13 nitrogen and oxygen atoms in total. The van der Waals surface area contributed by atoms with Crippen LogP contribution < -0.4 is 21.9 Å². The Morgan fingerprint density at radius 3 is 2.62 bits per heavy atom. The summed E-state index contributed by atoms with van der Waals surface area (Å²) in [4.78, 5) is 35.8. The van der Waals surface area contributed by atoms with Crippen LogP contribution in [0.5, 0.6) is 0 Å². The Labute approximate surface area is 220 Å². The predicted molar refractivity (Wildman–Crippen MR) is 144 cm³/mol. The van der Waals surface area contributed by atoms with E-state index in [0.717, 1.165) is 5.52 Å². The van der Waals surface area contributed by atoms with Crippen molar-refractivity contribution >= 4 is 45.9 Å². The van der Waals surface area contributed by atoms with Crippen molar-refractivity contribution in [3.05, 3.63) is 64.9 Å². The molecule has 13 heteroatoms. The van der Waals surface area contributed by atoms with E-state index in [1.165, 1.54) is 6.39 Å². The number of anilines is 3. The number of nitrogens with zero attached hydrogens (tertiary/aromatic N) is 5. The first-order valence-electron chi connectivity index (χ1n) is 12.1. The predicted octanol–water partition coefficient (Wildman–Crippen LogP) is 3.93. The summed E-state index contributed by atoms with van der Waals surface area (Å²) in [7, 11) is 0. The Morgan fingerprint density at radius 2 is 1.87 bits per heavy atom. The molecule has 0 aliphatic heterocycles. The number of benzene rings is 2. The smallest absolute Gasteiger partial charge is 0.262 e. The SMILES string of the molecule is CC(C)n1cc(CN)c2c(=O)[nH]c(Nc3cc(-c4nnc(-c5ccc6ncoc6c5)o4)ccc3NC=O)nc21. The molecule has 4 heterocycles. The van der Waals surface area contributed by atoms with Crippen molar-refractivity contribution in [3.63, 3.8) is 0 Å². The normalized spacial score (nSPS) is 11.5. The maximum absolute atomic E-state index is 13.0. The van der Waals surface area contributed by atoms with Gasteiger partial charge in [-0.1, -0.05) is 0 Å². The molecule has 0 atom stereocenters. The number of hydrogen-bond acceptors (Lipinski definition) is 10. The molecule has 0 aliphatic carbocycles. The van der Waals surface area contributed by atoms with Gasteiger partial charge >= 0.3 is 0 Å². The number of nitrogens with two attached hydrogens (primary N) is 1. The summed E-state index contributed by atoms with van der Waals surface area (Å²) in [6.07, 6.45) is 3.77. The quantitative estimate of drug-likeness (QED) is 0.212. The Balaban J connectivity index is 1.38. The number of rotatable bonds is 8. The van der Waals surface area contributed by atoms with Gasteiger partial charge in [-0.05, 0) is 55.8 Å². The fraction of sp³-hybridized carbons (Fsp3) is 0.154. The van der Waals surface area contributed by atoms with E-state index in [1.807, 2.05) is 30.7 Å². The number of nitrogens with one attached hydrogen (secondary N) is 3. The third-order valence-electron chi connectivity index (χ3n) is 6.27. The van der Waals surface area contributed by atoms with Crippen LogP contribution in [0.3, 0.4) is 0 Å². The summed E-state index contributed by atoms with van der Waals surface area (Å²) in [5, 5.41) is 14.5. The molecule has 6 aromatic rings.